The van der Waals surface area contributed by atoms with Gasteiger partial charge in [-0.05, 0) is 43.7 Å². The molecule has 0 amide bonds. The van der Waals surface area contributed by atoms with Crippen LogP contribution in [0.1, 0.15) is 25.2 Å². The Morgan fingerprint density at radius 2 is 2.00 bits per heavy atom. The Balaban J connectivity index is 1.78. The lowest BCUT2D eigenvalue weighted by Gasteiger charge is -2.12. The molecule has 0 bridgehead atoms. The molecule has 1 unspecified atom stereocenters. The van der Waals surface area contributed by atoms with E-state index in [9.17, 15) is 0 Å². The summed E-state index contributed by atoms with van der Waals surface area (Å²) in [6.45, 7) is 5.72. The molecule has 0 saturated heterocycles. The average molecular weight is 259 g/mol. The molecule has 1 aromatic carbocycles. The van der Waals surface area contributed by atoms with Crippen LogP contribution in [-0.2, 0) is 13.0 Å². The highest BCUT2D eigenvalue weighted by atomic mass is 16.5. The Morgan fingerprint density at radius 3 is 2.63 bits per heavy atom. The molecule has 2 aromatic rings. The predicted molar refractivity (Wildman–Crippen MR) is 76.3 cm³/mol. The summed E-state index contributed by atoms with van der Waals surface area (Å²) in [7, 11) is 0. The lowest BCUT2D eigenvalue weighted by molar-refractivity contribution is 0.340. The third kappa shape index (κ3) is 4.45. The second kappa shape index (κ2) is 7.00. The maximum absolute atomic E-state index is 5.42. The first kappa shape index (κ1) is 13.7. The van der Waals surface area contributed by atoms with Gasteiger partial charge >= 0.3 is 0 Å². The van der Waals surface area contributed by atoms with Gasteiger partial charge in [0.25, 0.3) is 0 Å². The molecule has 0 spiro atoms. The van der Waals surface area contributed by atoms with Gasteiger partial charge in [0.15, 0.2) is 0 Å². The first-order valence-corrected chi connectivity index (χ1v) is 6.75. The quantitative estimate of drug-likeness (QED) is 0.827. The van der Waals surface area contributed by atoms with E-state index in [0.717, 1.165) is 24.5 Å². The molecule has 1 N–H and O–H groups in total. The van der Waals surface area contributed by atoms with Crippen LogP contribution in [0, 0.1) is 0 Å². The normalized spacial score (nSPS) is 12.3. The summed E-state index contributed by atoms with van der Waals surface area (Å²) in [6, 6.07) is 12.5. The topological polar surface area (TPSA) is 34.4 Å². The molecular formula is C16H21NO2. The maximum atomic E-state index is 5.42. The molecular weight excluding hydrogens is 238 g/mol. The van der Waals surface area contributed by atoms with Crippen LogP contribution in [0.5, 0.6) is 5.75 Å². The van der Waals surface area contributed by atoms with Crippen LogP contribution in [0.4, 0.5) is 0 Å². The first-order valence-electron chi connectivity index (χ1n) is 6.75. The minimum Gasteiger partial charge on any atom is -0.494 e. The number of hydrogen-bond donors (Lipinski definition) is 1. The second-order valence-corrected chi connectivity index (χ2v) is 4.64. The van der Waals surface area contributed by atoms with E-state index in [1.807, 2.05) is 31.2 Å². The smallest absolute Gasteiger partial charge is 0.119 e. The molecule has 0 saturated carbocycles. The molecule has 1 atom stereocenters. The minimum absolute atomic E-state index is 0.387. The van der Waals surface area contributed by atoms with E-state index in [4.69, 9.17) is 9.15 Å². The molecule has 102 valence electrons. The van der Waals surface area contributed by atoms with Crippen molar-refractivity contribution in [3.63, 3.8) is 0 Å². The largest absolute Gasteiger partial charge is 0.494 e. The van der Waals surface area contributed by atoms with Crippen molar-refractivity contribution < 1.29 is 9.15 Å². The molecule has 0 aliphatic rings. The van der Waals surface area contributed by atoms with Gasteiger partial charge in [-0.2, -0.15) is 0 Å². The van der Waals surface area contributed by atoms with Crippen LogP contribution in [0.2, 0.25) is 0 Å². The Bertz CT molecular complexity index is 462. The van der Waals surface area contributed by atoms with Gasteiger partial charge in [-0.3, -0.25) is 0 Å². The van der Waals surface area contributed by atoms with Crippen molar-refractivity contribution in [1.29, 1.82) is 0 Å². The van der Waals surface area contributed by atoms with Gasteiger partial charge < -0.3 is 14.5 Å². The third-order valence-corrected chi connectivity index (χ3v) is 2.98. The van der Waals surface area contributed by atoms with E-state index >= 15 is 0 Å². The van der Waals surface area contributed by atoms with E-state index in [-0.39, 0.29) is 0 Å². The van der Waals surface area contributed by atoms with Crippen molar-refractivity contribution in [1.82, 2.24) is 5.32 Å². The molecule has 0 aliphatic heterocycles. The molecule has 1 heterocycles. The summed E-state index contributed by atoms with van der Waals surface area (Å²) in [6.07, 6.45) is 2.62. The highest BCUT2D eigenvalue weighted by Gasteiger charge is 2.05. The van der Waals surface area contributed by atoms with E-state index < -0.39 is 0 Å². The summed E-state index contributed by atoms with van der Waals surface area (Å²) >= 11 is 0. The van der Waals surface area contributed by atoms with Crippen molar-refractivity contribution in [2.24, 2.45) is 0 Å². The Labute approximate surface area is 114 Å². The Kier molecular flexibility index (Phi) is 5.04. The summed E-state index contributed by atoms with van der Waals surface area (Å²) < 4.78 is 10.8. The summed E-state index contributed by atoms with van der Waals surface area (Å²) in [4.78, 5) is 0. The summed E-state index contributed by atoms with van der Waals surface area (Å²) in [5.74, 6) is 1.95. The predicted octanol–water partition coefficient (Wildman–Crippen LogP) is 3.40. The lowest BCUT2D eigenvalue weighted by atomic mass is 10.1. The third-order valence-electron chi connectivity index (χ3n) is 2.98. The van der Waals surface area contributed by atoms with Crippen LogP contribution in [0.15, 0.2) is 47.1 Å². The number of ether oxygens (including phenoxy) is 1. The molecule has 0 radical (unpaired) electrons. The van der Waals surface area contributed by atoms with Crippen LogP contribution < -0.4 is 10.1 Å². The summed E-state index contributed by atoms with van der Waals surface area (Å²) in [5, 5.41) is 3.49. The molecule has 2 rings (SSSR count). The van der Waals surface area contributed by atoms with Gasteiger partial charge in [0.05, 0.1) is 12.9 Å². The van der Waals surface area contributed by atoms with Crippen molar-refractivity contribution in [2.45, 2.75) is 32.9 Å². The minimum atomic E-state index is 0.387. The number of hydrogen-bond acceptors (Lipinski definition) is 3. The Morgan fingerprint density at radius 1 is 1.21 bits per heavy atom. The van der Waals surface area contributed by atoms with E-state index in [1.54, 1.807) is 6.26 Å². The fourth-order valence-electron chi connectivity index (χ4n) is 1.96. The molecule has 3 heteroatoms. The van der Waals surface area contributed by atoms with Crippen molar-refractivity contribution in [2.75, 3.05) is 6.61 Å². The van der Waals surface area contributed by atoms with Crippen LogP contribution in [0.25, 0.3) is 0 Å². The highest BCUT2D eigenvalue weighted by molar-refractivity contribution is 5.27. The Hall–Kier alpha value is -1.74. The van der Waals surface area contributed by atoms with Crippen molar-refractivity contribution in [3.05, 3.63) is 54.0 Å². The van der Waals surface area contributed by atoms with E-state index in [0.29, 0.717) is 12.6 Å². The van der Waals surface area contributed by atoms with Crippen molar-refractivity contribution >= 4 is 0 Å². The average Bonchev–Trinajstić information content (AvgIpc) is 2.91. The van der Waals surface area contributed by atoms with E-state index in [2.05, 4.69) is 24.4 Å². The standard InChI is InChI=1S/C16H21NO2/c1-3-18-15-8-6-14(7-9-15)12-17-13(2)11-16-5-4-10-19-16/h4-10,13,17H,3,11-12H2,1-2H3. The number of benzene rings is 1. The van der Waals surface area contributed by atoms with Gasteiger partial charge in [-0.1, -0.05) is 12.1 Å². The zero-order valence-corrected chi connectivity index (χ0v) is 11.6. The van der Waals surface area contributed by atoms with Gasteiger partial charge in [-0.15, -0.1) is 0 Å². The number of rotatable bonds is 7. The van der Waals surface area contributed by atoms with Gasteiger partial charge in [0.1, 0.15) is 11.5 Å². The SMILES string of the molecule is CCOc1ccc(CNC(C)Cc2ccco2)cc1. The zero-order valence-electron chi connectivity index (χ0n) is 11.6. The first-order chi connectivity index (χ1) is 9.28. The monoisotopic (exact) mass is 259 g/mol. The highest BCUT2D eigenvalue weighted by Crippen LogP contribution is 2.12. The van der Waals surface area contributed by atoms with Crippen LogP contribution in [-0.4, -0.2) is 12.6 Å². The van der Waals surface area contributed by atoms with Crippen molar-refractivity contribution in [3.8, 4) is 5.75 Å². The van der Waals surface area contributed by atoms with Crippen LogP contribution >= 0.6 is 0 Å². The number of nitrogens with one attached hydrogen (secondary N) is 1. The number of furan rings is 1. The fourth-order valence-corrected chi connectivity index (χ4v) is 1.96. The molecule has 1 aromatic heterocycles. The van der Waals surface area contributed by atoms with Crippen LogP contribution in [0.3, 0.4) is 0 Å². The van der Waals surface area contributed by atoms with Gasteiger partial charge in [0, 0.05) is 19.0 Å². The molecule has 19 heavy (non-hydrogen) atoms. The van der Waals surface area contributed by atoms with Gasteiger partial charge in [0.2, 0.25) is 0 Å². The fraction of sp³-hybridized carbons (Fsp3) is 0.375. The van der Waals surface area contributed by atoms with Gasteiger partial charge in [-0.25, -0.2) is 0 Å². The zero-order chi connectivity index (χ0) is 13.5. The maximum Gasteiger partial charge on any atom is 0.119 e. The van der Waals surface area contributed by atoms with E-state index in [1.165, 1.54) is 5.56 Å². The summed E-state index contributed by atoms with van der Waals surface area (Å²) in [5.41, 5.74) is 1.26. The lowest BCUT2D eigenvalue weighted by Crippen LogP contribution is -2.27. The molecule has 0 aliphatic carbocycles. The molecule has 3 nitrogen and oxygen atoms in total. The molecule has 0 fully saturated rings. The second-order valence-electron chi connectivity index (χ2n) is 4.64.